The van der Waals surface area contributed by atoms with Gasteiger partial charge >= 0.3 is 0 Å². The third kappa shape index (κ3) is 5.85. The molecule has 1 saturated carbocycles. The van der Waals surface area contributed by atoms with Gasteiger partial charge in [-0.3, -0.25) is 0 Å². The first-order valence-electron chi connectivity index (χ1n) is 16.9. The predicted octanol–water partition coefficient (Wildman–Crippen LogP) is 10.6. The lowest BCUT2D eigenvalue weighted by molar-refractivity contribution is 0.706. The summed E-state index contributed by atoms with van der Waals surface area (Å²) in [7, 11) is 0. The molecule has 46 heavy (non-hydrogen) atoms. The Bertz CT molecular complexity index is 1940. The van der Waals surface area contributed by atoms with Crippen LogP contribution in [0.1, 0.15) is 85.3 Å². The second-order valence-corrected chi connectivity index (χ2v) is 13.2. The van der Waals surface area contributed by atoms with Gasteiger partial charge in [0.05, 0.1) is 22.8 Å². The molecule has 1 aliphatic rings. The van der Waals surface area contributed by atoms with Crippen LogP contribution in [-0.4, -0.2) is 19.1 Å². The van der Waals surface area contributed by atoms with Crippen LogP contribution in [0.3, 0.4) is 0 Å². The zero-order chi connectivity index (χ0) is 31.6. The van der Waals surface area contributed by atoms with E-state index in [-0.39, 0.29) is 0 Å². The van der Waals surface area contributed by atoms with Crippen LogP contribution in [0.2, 0.25) is 0 Å². The standard InChI is InChI=1S/C42H44N4/c1-29(2)35-23-13-15-30(3)41(35)45-27-37(33-19-7-5-8-20-33)43-39(45)25-26-40-44-38(34-21-9-6-10-22-34)28-46(40)42-31(4)16-14-24-36(42)32-17-11-12-18-32/h5-10,13-16,19-24,27-29,32H,11-12,17-18,25-26H2,1-4H3. The van der Waals surface area contributed by atoms with Crippen LogP contribution in [-0.2, 0) is 12.8 Å². The van der Waals surface area contributed by atoms with Crippen molar-refractivity contribution in [3.05, 3.63) is 143 Å². The summed E-state index contributed by atoms with van der Waals surface area (Å²) in [5, 5.41) is 0. The average molecular weight is 605 g/mol. The van der Waals surface area contributed by atoms with Crippen molar-refractivity contribution in [1.29, 1.82) is 0 Å². The number of aromatic nitrogens is 4. The molecule has 6 aromatic rings. The molecule has 0 aliphatic heterocycles. The fourth-order valence-electron chi connectivity index (χ4n) is 7.35. The van der Waals surface area contributed by atoms with Crippen molar-refractivity contribution in [1.82, 2.24) is 19.1 Å². The van der Waals surface area contributed by atoms with E-state index in [0.717, 1.165) is 47.0 Å². The third-order valence-corrected chi connectivity index (χ3v) is 9.71. The highest BCUT2D eigenvalue weighted by Crippen LogP contribution is 2.39. The maximum atomic E-state index is 5.34. The van der Waals surface area contributed by atoms with Crippen molar-refractivity contribution >= 4 is 0 Å². The molecular weight excluding hydrogens is 560 g/mol. The minimum Gasteiger partial charge on any atom is -0.303 e. The van der Waals surface area contributed by atoms with Crippen LogP contribution in [0.15, 0.2) is 109 Å². The summed E-state index contributed by atoms with van der Waals surface area (Å²) >= 11 is 0. The molecule has 2 aromatic heterocycles. The van der Waals surface area contributed by atoms with E-state index in [1.54, 1.807) is 0 Å². The highest BCUT2D eigenvalue weighted by molar-refractivity contribution is 5.62. The summed E-state index contributed by atoms with van der Waals surface area (Å²) in [5.74, 6) is 3.14. The number of hydrogen-bond acceptors (Lipinski definition) is 2. The summed E-state index contributed by atoms with van der Waals surface area (Å²) in [5.41, 5.74) is 12.2. The number of hydrogen-bond donors (Lipinski definition) is 0. The lowest BCUT2D eigenvalue weighted by atomic mass is 9.93. The monoisotopic (exact) mass is 604 g/mol. The van der Waals surface area contributed by atoms with E-state index >= 15 is 0 Å². The minimum atomic E-state index is 0.396. The fraction of sp³-hybridized carbons (Fsp3) is 0.286. The number of para-hydroxylation sites is 2. The van der Waals surface area contributed by atoms with E-state index in [1.165, 1.54) is 59.3 Å². The van der Waals surface area contributed by atoms with Crippen LogP contribution >= 0.6 is 0 Å². The Kier molecular flexibility index (Phi) is 8.45. The maximum absolute atomic E-state index is 5.34. The molecule has 0 spiro atoms. The Morgan fingerprint density at radius 1 is 0.609 bits per heavy atom. The van der Waals surface area contributed by atoms with Gasteiger partial charge in [0.1, 0.15) is 11.6 Å². The van der Waals surface area contributed by atoms with Crippen LogP contribution < -0.4 is 0 Å². The number of rotatable bonds is 9. The van der Waals surface area contributed by atoms with Gasteiger partial charge in [0.2, 0.25) is 0 Å². The molecule has 0 saturated heterocycles. The molecule has 0 N–H and O–H groups in total. The smallest absolute Gasteiger partial charge is 0.114 e. The van der Waals surface area contributed by atoms with Crippen molar-refractivity contribution in [2.75, 3.05) is 0 Å². The van der Waals surface area contributed by atoms with Crippen molar-refractivity contribution in [2.45, 2.75) is 78.1 Å². The lowest BCUT2D eigenvalue weighted by Crippen LogP contribution is -2.11. The third-order valence-electron chi connectivity index (χ3n) is 9.71. The summed E-state index contributed by atoms with van der Waals surface area (Å²) in [6, 6.07) is 34.6. The van der Waals surface area contributed by atoms with Crippen molar-refractivity contribution in [3.63, 3.8) is 0 Å². The van der Waals surface area contributed by atoms with Crippen LogP contribution in [0.4, 0.5) is 0 Å². The van der Waals surface area contributed by atoms with E-state index in [4.69, 9.17) is 9.97 Å². The van der Waals surface area contributed by atoms with Gasteiger partial charge in [-0.1, -0.05) is 124 Å². The fourth-order valence-corrected chi connectivity index (χ4v) is 7.35. The van der Waals surface area contributed by atoms with Crippen LogP contribution in [0, 0.1) is 13.8 Å². The van der Waals surface area contributed by atoms with Gasteiger partial charge in [0.25, 0.3) is 0 Å². The number of imidazole rings is 2. The van der Waals surface area contributed by atoms with E-state index < -0.39 is 0 Å². The van der Waals surface area contributed by atoms with Gasteiger partial charge in [-0.05, 0) is 60.8 Å². The topological polar surface area (TPSA) is 35.6 Å². The van der Waals surface area contributed by atoms with E-state index in [0.29, 0.717) is 11.8 Å². The molecule has 4 aromatic carbocycles. The SMILES string of the molecule is Cc1cccc(C(C)C)c1-n1cc(-c2ccccc2)nc1CCc1nc(-c2ccccc2)cn1-c1c(C)cccc1C1CCCC1. The highest BCUT2D eigenvalue weighted by Gasteiger charge is 2.24. The van der Waals surface area contributed by atoms with Gasteiger partial charge in [0.15, 0.2) is 0 Å². The molecular formula is C42H44N4. The molecule has 1 fully saturated rings. The normalized spacial score (nSPS) is 13.6. The molecule has 0 unspecified atom stereocenters. The number of benzene rings is 4. The second-order valence-electron chi connectivity index (χ2n) is 13.2. The quantitative estimate of drug-likeness (QED) is 0.165. The molecule has 1 aliphatic carbocycles. The number of aryl methyl sites for hydroxylation is 4. The maximum Gasteiger partial charge on any atom is 0.114 e. The molecule has 0 amide bonds. The molecule has 0 bridgehead atoms. The zero-order valence-corrected chi connectivity index (χ0v) is 27.6. The predicted molar refractivity (Wildman–Crippen MR) is 190 cm³/mol. The van der Waals surface area contributed by atoms with Crippen LogP contribution in [0.25, 0.3) is 33.9 Å². The van der Waals surface area contributed by atoms with Gasteiger partial charge in [0, 0.05) is 36.4 Å². The largest absolute Gasteiger partial charge is 0.303 e. The molecule has 0 atom stereocenters. The van der Waals surface area contributed by atoms with Crippen molar-refractivity contribution < 1.29 is 0 Å². The summed E-state index contributed by atoms with van der Waals surface area (Å²) in [6.07, 6.45) is 11.2. The second kappa shape index (κ2) is 13.0. The lowest BCUT2D eigenvalue weighted by Gasteiger charge is -2.20. The first kappa shape index (κ1) is 30.0. The molecule has 232 valence electrons. The van der Waals surface area contributed by atoms with Crippen LogP contribution in [0.5, 0.6) is 0 Å². The minimum absolute atomic E-state index is 0.396. The first-order chi connectivity index (χ1) is 22.5. The Labute approximate surface area is 273 Å². The average Bonchev–Trinajstić information content (AvgIpc) is 3.85. The van der Waals surface area contributed by atoms with Gasteiger partial charge in [-0.25, -0.2) is 9.97 Å². The van der Waals surface area contributed by atoms with Crippen molar-refractivity contribution in [3.8, 4) is 33.9 Å². The Hall–Kier alpha value is -4.70. The first-order valence-corrected chi connectivity index (χ1v) is 16.9. The van der Waals surface area contributed by atoms with Gasteiger partial charge in [-0.15, -0.1) is 0 Å². The van der Waals surface area contributed by atoms with Gasteiger partial charge in [-0.2, -0.15) is 0 Å². The molecule has 7 rings (SSSR count). The van der Waals surface area contributed by atoms with Crippen molar-refractivity contribution in [2.24, 2.45) is 0 Å². The van der Waals surface area contributed by atoms with Gasteiger partial charge < -0.3 is 9.13 Å². The summed E-state index contributed by atoms with van der Waals surface area (Å²) in [4.78, 5) is 10.6. The highest BCUT2D eigenvalue weighted by atomic mass is 15.1. The zero-order valence-electron chi connectivity index (χ0n) is 27.6. The van der Waals surface area contributed by atoms with E-state index in [1.807, 2.05) is 0 Å². The Morgan fingerprint density at radius 3 is 1.65 bits per heavy atom. The molecule has 4 nitrogen and oxygen atoms in total. The Morgan fingerprint density at radius 2 is 1.11 bits per heavy atom. The number of nitrogens with zero attached hydrogens (tertiary/aromatic N) is 4. The summed E-state index contributed by atoms with van der Waals surface area (Å²) in [6.45, 7) is 9.02. The Balaban J connectivity index is 1.34. The molecule has 4 heteroatoms. The van der Waals surface area contributed by atoms with E-state index in [9.17, 15) is 0 Å². The summed E-state index contributed by atoms with van der Waals surface area (Å²) < 4.78 is 4.76. The molecule has 2 heterocycles. The van der Waals surface area contributed by atoms with E-state index in [2.05, 4.69) is 146 Å². The molecule has 0 radical (unpaired) electrons.